The molecular weight excluding hydrogens is 292 g/mol. The van der Waals surface area contributed by atoms with Gasteiger partial charge in [-0.3, -0.25) is 9.63 Å². The summed E-state index contributed by atoms with van der Waals surface area (Å²) < 4.78 is 0. The van der Waals surface area contributed by atoms with Gasteiger partial charge in [-0.1, -0.05) is 48.5 Å². The maximum absolute atomic E-state index is 12.1. The lowest BCUT2D eigenvalue weighted by molar-refractivity contribution is 0.0228. The molecule has 6 heteroatoms. The number of nitrogens with zero attached hydrogens (tertiary/aromatic N) is 3. The van der Waals surface area contributed by atoms with Crippen LogP contribution < -0.4 is 5.48 Å². The monoisotopic (exact) mass is 308 g/mol. The quantitative estimate of drug-likeness (QED) is 0.735. The van der Waals surface area contributed by atoms with Crippen molar-refractivity contribution >= 4 is 5.91 Å². The molecule has 1 amide bonds. The van der Waals surface area contributed by atoms with Gasteiger partial charge in [-0.15, -0.1) is 5.10 Å². The van der Waals surface area contributed by atoms with Crippen molar-refractivity contribution in [2.24, 2.45) is 0 Å². The Morgan fingerprint density at radius 1 is 1.04 bits per heavy atom. The molecule has 1 heterocycles. The highest BCUT2D eigenvalue weighted by Gasteiger charge is 2.16. The number of hydrogen-bond acceptors (Lipinski definition) is 4. The highest BCUT2D eigenvalue weighted by Crippen LogP contribution is 2.08. The normalized spacial score (nSPS) is 10.5. The molecule has 23 heavy (non-hydrogen) atoms. The molecule has 0 unspecified atom stereocenters. The zero-order valence-corrected chi connectivity index (χ0v) is 12.6. The summed E-state index contributed by atoms with van der Waals surface area (Å²) in [4.78, 5) is 18.8. The second-order valence-corrected chi connectivity index (χ2v) is 4.96. The Hall–Kier alpha value is -2.99. The maximum atomic E-state index is 12.1. The number of para-hydroxylation sites is 1. The van der Waals surface area contributed by atoms with Crippen LogP contribution in [0.4, 0.5) is 0 Å². The maximum Gasteiger partial charge on any atom is 0.297 e. The number of carbonyl (C=O) groups excluding carboxylic acids is 1. The highest BCUT2D eigenvalue weighted by molar-refractivity contribution is 5.92. The second-order valence-electron chi connectivity index (χ2n) is 4.96. The van der Waals surface area contributed by atoms with Crippen molar-refractivity contribution in [3.63, 3.8) is 0 Å². The van der Waals surface area contributed by atoms with Crippen LogP contribution in [0.5, 0.6) is 0 Å². The van der Waals surface area contributed by atoms with E-state index < -0.39 is 5.91 Å². The molecule has 0 saturated heterocycles. The van der Waals surface area contributed by atoms with Crippen molar-refractivity contribution in [2.75, 3.05) is 0 Å². The van der Waals surface area contributed by atoms with Crippen molar-refractivity contribution < 1.29 is 9.63 Å². The molecule has 0 atom stereocenters. The summed E-state index contributed by atoms with van der Waals surface area (Å²) in [6.45, 7) is 2.02. The summed E-state index contributed by atoms with van der Waals surface area (Å²) in [5, 5.41) is 8.48. The summed E-state index contributed by atoms with van der Waals surface area (Å²) in [5.41, 5.74) is 4.93. The number of hydrogen-bond donors (Lipinski definition) is 1. The van der Waals surface area contributed by atoms with E-state index >= 15 is 0 Å². The first-order chi connectivity index (χ1) is 11.2. The summed E-state index contributed by atoms with van der Waals surface area (Å²) in [7, 11) is 0. The third kappa shape index (κ3) is 3.61. The summed E-state index contributed by atoms with van der Waals surface area (Å²) in [5.74, 6) is -0.416. The zero-order chi connectivity index (χ0) is 16.1. The number of carbonyl (C=O) groups is 1. The Balaban J connectivity index is 1.65. The van der Waals surface area contributed by atoms with Crippen LogP contribution in [-0.2, 0) is 11.4 Å². The van der Waals surface area contributed by atoms with Crippen LogP contribution in [-0.4, -0.2) is 20.9 Å². The first-order valence-electron chi connectivity index (χ1n) is 7.19. The highest BCUT2D eigenvalue weighted by atomic mass is 16.6. The fourth-order valence-corrected chi connectivity index (χ4v) is 2.07. The molecule has 0 fully saturated rings. The van der Waals surface area contributed by atoms with E-state index in [0.717, 1.165) is 11.3 Å². The summed E-state index contributed by atoms with van der Waals surface area (Å²) in [6.07, 6.45) is 0. The summed E-state index contributed by atoms with van der Waals surface area (Å²) >= 11 is 0. The van der Waals surface area contributed by atoms with Gasteiger partial charge in [-0.05, 0) is 24.6 Å². The van der Waals surface area contributed by atoms with Gasteiger partial charge in [-0.25, -0.2) is 5.48 Å². The van der Waals surface area contributed by atoms with Crippen LogP contribution in [0.25, 0.3) is 5.69 Å². The molecule has 0 aliphatic carbocycles. The third-order valence-corrected chi connectivity index (χ3v) is 3.23. The van der Waals surface area contributed by atoms with Crippen molar-refractivity contribution in [1.82, 2.24) is 20.5 Å². The minimum Gasteiger partial charge on any atom is -0.269 e. The molecule has 3 aromatic rings. The first kappa shape index (κ1) is 14.9. The number of aromatic nitrogens is 3. The summed E-state index contributed by atoms with van der Waals surface area (Å²) in [6, 6.07) is 19.0. The van der Waals surface area contributed by atoms with Gasteiger partial charge in [0.2, 0.25) is 0 Å². The smallest absolute Gasteiger partial charge is 0.269 e. The molecule has 1 aromatic heterocycles. The van der Waals surface area contributed by atoms with E-state index in [4.69, 9.17) is 4.84 Å². The van der Waals surface area contributed by atoms with Crippen molar-refractivity contribution in [3.05, 3.63) is 77.6 Å². The van der Waals surface area contributed by atoms with E-state index in [9.17, 15) is 4.79 Å². The molecule has 0 saturated carbocycles. The van der Waals surface area contributed by atoms with Gasteiger partial charge < -0.3 is 0 Å². The fraction of sp³-hybridized carbons (Fsp3) is 0.118. The Morgan fingerprint density at radius 3 is 2.39 bits per heavy atom. The number of nitrogens with one attached hydrogen (secondary N) is 1. The van der Waals surface area contributed by atoms with Gasteiger partial charge in [0.15, 0.2) is 5.69 Å². The van der Waals surface area contributed by atoms with Crippen LogP contribution in [0, 0.1) is 6.92 Å². The van der Waals surface area contributed by atoms with E-state index in [1.165, 1.54) is 4.80 Å². The van der Waals surface area contributed by atoms with Crippen molar-refractivity contribution in [1.29, 1.82) is 0 Å². The van der Waals surface area contributed by atoms with Crippen LogP contribution in [0.1, 0.15) is 21.7 Å². The second kappa shape index (κ2) is 6.85. The van der Waals surface area contributed by atoms with Gasteiger partial charge in [0.25, 0.3) is 5.91 Å². The predicted octanol–water partition coefficient (Wildman–Crippen LogP) is 2.44. The van der Waals surface area contributed by atoms with Gasteiger partial charge in [-0.2, -0.15) is 9.90 Å². The molecule has 2 aromatic carbocycles. The van der Waals surface area contributed by atoms with E-state index in [0.29, 0.717) is 12.3 Å². The van der Waals surface area contributed by atoms with Gasteiger partial charge >= 0.3 is 0 Å². The zero-order valence-electron chi connectivity index (χ0n) is 12.6. The number of benzene rings is 2. The Bertz CT molecular complexity index is 785. The van der Waals surface area contributed by atoms with Gasteiger partial charge in [0.05, 0.1) is 18.0 Å². The van der Waals surface area contributed by atoms with E-state index in [-0.39, 0.29) is 5.69 Å². The van der Waals surface area contributed by atoms with E-state index in [1.54, 1.807) is 6.92 Å². The average molecular weight is 308 g/mol. The molecule has 1 N–H and O–H groups in total. The van der Waals surface area contributed by atoms with Gasteiger partial charge in [0.1, 0.15) is 0 Å². The number of aryl methyl sites for hydroxylation is 1. The lowest BCUT2D eigenvalue weighted by Gasteiger charge is -2.04. The average Bonchev–Trinajstić information content (AvgIpc) is 2.98. The number of hydroxylamine groups is 1. The van der Waals surface area contributed by atoms with Gasteiger partial charge in [0, 0.05) is 0 Å². The van der Waals surface area contributed by atoms with E-state index in [1.807, 2.05) is 60.7 Å². The number of rotatable bonds is 5. The van der Waals surface area contributed by atoms with Crippen LogP contribution in [0.15, 0.2) is 60.7 Å². The van der Waals surface area contributed by atoms with Crippen LogP contribution in [0.2, 0.25) is 0 Å². The molecular formula is C17H16N4O2. The van der Waals surface area contributed by atoms with Crippen molar-refractivity contribution in [2.45, 2.75) is 13.5 Å². The minimum atomic E-state index is -0.416. The Kier molecular flexibility index (Phi) is 4.44. The lowest BCUT2D eigenvalue weighted by atomic mass is 10.2. The van der Waals surface area contributed by atoms with Crippen molar-refractivity contribution in [3.8, 4) is 5.69 Å². The lowest BCUT2D eigenvalue weighted by Crippen LogP contribution is -2.24. The SMILES string of the molecule is Cc1nn(-c2ccccc2)nc1C(=O)NOCc1ccccc1. The fourth-order valence-electron chi connectivity index (χ4n) is 2.07. The minimum absolute atomic E-state index is 0.238. The molecule has 6 nitrogen and oxygen atoms in total. The predicted molar refractivity (Wildman–Crippen MR) is 84.8 cm³/mol. The third-order valence-electron chi connectivity index (χ3n) is 3.23. The Morgan fingerprint density at radius 2 is 1.70 bits per heavy atom. The molecule has 3 rings (SSSR count). The molecule has 116 valence electrons. The standard InChI is InChI=1S/C17H16N4O2/c1-13-16(19-21(18-13)15-10-6-3-7-11-15)17(22)20-23-12-14-8-4-2-5-9-14/h2-11H,12H2,1H3,(H,20,22). The Labute approximate surface area is 133 Å². The van der Waals surface area contributed by atoms with Crippen LogP contribution in [0.3, 0.4) is 0 Å². The van der Waals surface area contributed by atoms with E-state index in [2.05, 4.69) is 15.7 Å². The molecule has 0 aliphatic rings. The topological polar surface area (TPSA) is 69.0 Å². The van der Waals surface area contributed by atoms with Crippen LogP contribution >= 0.6 is 0 Å². The molecule has 0 aliphatic heterocycles. The molecule has 0 bridgehead atoms. The first-order valence-corrected chi connectivity index (χ1v) is 7.19. The molecule has 0 spiro atoms. The molecule has 0 radical (unpaired) electrons. The number of amides is 1. The largest absolute Gasteiger partial charge is 0.297 e.